The first-order valence-electron chi connectivity index (χ1n) is 14.1. The highest BCUT2D eigenvalue weighted by molar-refractivity contribution is 7.99. The Morgan fingerprint density at radius 2 is 1.93 bits per heavy atom. The van der Waals surface area contributed by atoms with E-state index in [0.29, 0.717) is 59.2 Å². The second-order valence-corrected chi connectivity index (χ2v) is 12.9. The molecule has 0 N–H and O–H groups in total. The second-order valence-electron chi connectivity index (χ2n) is 11.9. The number of fused-ring (bicyclic) bond motifs is 1. The van der Waals surface area contributed by atoms with Crippen LogP contribution in [0.1, 0.15) is 32.0 Å². The van der Waals surface area contributed by atoms with Crippen LogP contribution in [-0.4, -0.2) is 97.6 Å². The Kier molecular flexibility index (Phi) is 7.21. The van der Waals surface area contributed by atoms with Crippen molar-refractivity contribution in [1.29, 1.82) is 5.26 Å². The lowest BCUT2D eigenvalue weighted by Crippen LogP contribution is -2.61. The molecule has 11 nitrogen and oxygen atoms in total. The number of hydrogen-bond acceptors (Lipinski definition) is 9. The number of nitriles is 1. The molecule has 0 saturated carbocycles. The van der Waals surface area contributed by atoms with Gasteiger partial charge in [-0.15, -0.1) is 16.8 Å². The van der Waals surface area contributed by atoms with Crippen molar-refractivity contribution in [2.45, 2.75) is 33.3 Å². The predicted octanol–water partition coefficient (Wildman–Crippen LogP) is 2.90. The Labute approximate surface area is 249 Å². The number of nitrogens with zero attached hydrogens (tertiary/aromatic N) is 8. The quantitative estimate of drug-likeness (QED) is 0.386. The Morgan fingerprint density at radius 3 is 2.57 bits per heavy atom. The number of rotatable bonds is 5. The zero-order valence-electron chi connectivity index (χ0n) is 24.4. The number of aromatic nitrogens is 3. The van der Waals surface area contributed by atoms with Gasteiger partial charge in [0.05, 0.1) is 35.8 Å². The minimum absolute atomic E-state index is 0.0741. The summed E-state index contributed by atoms with van der Waals surface area (Å²) in [6.07, 6.45) is 7.58. The third-order valence-electron chi connectivity index (χ3n) is 7.85. The Bertz CT molecular complexity index is 1550. The molecule has 2 saturated heterocycles. The van der Waals surface area contributed by atoms with Crippen LogP contribution in [0.15, 0.2) is 59.6 Å². The minimum atomic E-state index is -0.678. The normalized spacial score (nSPS) is 22.4. The molecule has 0 aliphatic carbocycles. The molecule has 6 heterocycles. The van der Waals surface area contributed by atoms with Gasteiger partial charge in [0.1, 0.15) is 35.8 Å². The zero-order valence-corrected chi connectivity index (χ0v) is 25.2. The summed E-state index contributed by atoms with van der Waals surface area (Å²) >= 11 is 1.73. The van der Waals surface area contributed by atoms with Gasteiger partial charge in [-0.3, -0.25) is 4.79 Å². The predicted molar refractivity (Wildman–Crippen MR) is 159 cm³/mol. The van der Waals surface area contributed by atoms with Gasteiger partial charge in [-0.2, -0.15) is 19.6 Å². The zero-order chi connectivity index (χ0) is 29.6. The van der Waals surface area contributed by atoms with Crippen molar-refractivity contribution < 1.29 is 18.9 Å². The topological polar surface area (TPSA) is 108 Å². The van der Waals surface area contributed by atoms with Gasteiger partial charge in [0.25, 0.3) is 5.91 Å². The van der Waals surface area contributed by atoms with Crippen LogP contribution in [0.2, 0.25) is 0 Å². The van der Waals surface area contributed by atoms with Gasteiger partial charge < -0.3 is 14.5 Å². The summed E-state index contributed by atoms with van der Waals surface area (Å²) in [6.45, 7) is 11.4. The number of pyridine rings is 1. The lowest BCUT2D eigenvalue weighted by Gasteiger charge is -2.44. The van der Waals surface area contributed by atoms with E-state index in [1.807, 2.05) is 55.5 Å². The van der Waals surface area contributed by atoms with E-state index < -0.39 is 11.6 Å². The van der Waals surface area contributed by atoms with E-state index in [4.69, 9.17) is 10.00 Å². The molecule has 0 bridgehead atoms. The number of anilines is 1. The molecule has 2 fully saturated rings. The standard InChI is InChI=1S/C30H35N8O3S/c1-21-16-26(37(33-21)25-8-7-22(17-31)18-32-25)34-9-11-36(12-10-34)38-14-5-6-24(38)27(29(40)41-30(2,3)4)23(19-38)28(39)35-13-15-42-20-35/h5-8,14,16,18H,9-13,15,19-20H2,1-4H3/q+1/t38-/m1/s1. The van der Waals surface area contributed by atoms with Crippen LogP contribution in [0.4, 0.5) is 5.82 Å². The van der Waals surface area contributed by atoms with Crippen LogP contribution < -0.4 is 4.90 Å². The molecule has 4 aliphatic heterocycles. The summed E-state index contributed by atoms with van der Waals surface area (Å²) in [6, 6.07) is 7.70. The van der Waals surface area contributed by atoms with E-state index in [-0.39, 0.29) is 5.91 Å². The average Bonchev–Trinajstić information content (AvgIpc) is 3.75. The fraction of sp³-hybridized carbons (Fsp3) is 0.433. The number of hydrogen-bond donors (Lipinski definition) is 0. The summed E-state index contributed by atoms with van der Waals surface area (Å²) in [5.74, 6) is 2.62. The van der Waals surface area contributed by atoms with Gasteiger partial charge in [-0.25, -0.2) is 9.78 Å². The van der Waals surface area contributed by atoms with Crippen molar-refractivity contribution in [3.63, 3.8) is 0 Å². The van der Waals surface area contributed by atoms with E-state index in [1.54, 1.807) is 30.1 Å². The summed E-state index contributed by atoms with van der Waals surface area (Å²) < 4.78 is 7.98. The van der Waals surface area contributed by atoms with Gasteiger partial charge in [0.15, 0.2) is 11.5 Å². The van der Waals surface area contributed by atoms with E-state index in [9.17, 15) is 9.59 Å². The fourth-order valence-corrected chi connectivity index (χ4v) is 6.90. The number of amides is 1. The second kappa shape index (κ2) is 10.7. The van der Waals surface area contributed by atoms with Crippen molar-refractivity contribution in [2.75, 3.05) is 55.8 Å². The molecule has 4 aliphatic rings. The van der Waals surface area contributed by atoms with Crippen molar-refractivity contribution in [2.24, 2.45) is 0 Å². The van der Waals surface area contributed by atoms with Gasteiger partial charge in [0.2, 0.25) is 0 Å². The van der Waals surface area contributed by atoms with Gasteiger partial charge >= 0.3 is 5.97 Å². The largest absolute Gasteiger partial charge is 0.456 e. The SMILES string of the molecule is Cc1cc(N2CCN([N@@+]34C=CC=C3C(C(=O)OC(C)(C)C)=C(C(=O)N3CCSC3)C4)CC2)n(-c2ccc(C#N)cn2)n1. The molecule has 12 heteroatoms. The van der Waals surface area contributed by atoms with Crippen LogP contribution in [0, 0.1) is 18.3 Å². The number of carbonyl (C=O) groups excluding carboxylic acids is 2. The number of piperazine rings is 1. The highest BCUT2D eigenvalue weighted by Gasteiger charge is 2.54. The smallest absolute Gasteiger partial charge is 0.345 e. The van der Waals surface area contributed by atoms with Crippen LogP contribution >= 0.6 is 11.8 Å². The van der Waals surface area contributed by atoms with Gasteiger partial charge in [-0.1, -0.05) is 0 Å². The van der Waals surface area contributed by atoms with Crippen LogP contribution in [0.3, 0.4) is 0 Å². The minimum Gasteiger partial charge on any atom is -0.456 e. The summed E-state index contributed by atoms with van der Waals surface area (Å²) in [7, 11) is 0. The summed E-state index contributed by atoms with van der Waals surface area (Å²) in [5, 5.41) is 16.2. The first-order valence-corrected chi connectivity index (χ1v) is 15.3. The average molecular weight is 588 g/mol. The summed E-state index contributed by atoms with van der Waals surface area (Å²) in [5.41, 5.74) is 2.44. The monoisotopic (exact) mass is 587 g/mol. The number of carbonyl (C=O) groups is 2. The molecule has 2 aromatic rings. The maximum Gasteiger partial charge on any atom is 0.345 e. The third-order valence-corrected chi connectivity index (χ3v) is 8.82. The number of ether oxygens (including phenoxy) is 1. The van der Waals surface area contributed by atoms with Crippen LogP contribution in [0.5, 0.6) is 0 Å². The molecular weight excluding hydrogens is 552 g/mol. The van der Waals surface area contributed by atoms with Crippen molar-refractivity contribution >= 4 is 29.5 Å². The Morgan fingerprint density at radius 1 is 1.14 bits per heavy atom. The first kappa shape index (κ1) is 28.2. The van der Waals surface area contributed by atoms with Crippen molar-refractivity contribution in [1.82, 2.24) is 24.7 Å². The highest BCUT2D eigenvalue weighted by atomic mass is 32.2. The fourth-order valence-electron chi connectivity index (χ4n) is 5.96. The van der Waals surface area contributed by atoms with Crippen molar-refractivity contribution in [3.8, 4) is 11.9 Å². The Hall–Kier alpha value is -3.92. The maximum atomic E-state index is 13.8. The number of esters is 1. The van der Waals surface area contributed by atoms with Gasteiger partial charge in [0, 0.05) is 43.7 Å². The molecule has 6 rings (SSSR count). The van der Waals surface area contributed by atoms with E-state index in [2.05, 4.69) is 32.3 Å². The molecular formula is C30H35N8O3S+. The van der Waals surface area contributed by atoms with E-state index in [1.165, 1.54) is 0 Å². The lowest BCUT2D eigenvalue weighted by atomic mass is 10.1. The molecule has 1 atom stereocenters. The molecule has 0 spiro atoms. The third kappa shape index (κ3) is 5.02. The van der Waals surface area contributed by atoms with Gasteiger partial charge in [-0.05, 0) is 45.9 Å². The maximum absolute atomic E-state index is 13.8. The number of thioether (sulfide) groups is 1. The molecule has 1 amide bonds. The number of allylic oxidation sites excluding steroid dienone is 2. The van der Waals surface area contributed by atoms with Crippen LogP contribution in [0.25, 0.3) is 5.82 Å². The first-order chi connectivity index (χ1) is 20.1. The Balaban J connectivity index is 1.25. The molecule has 42 heavy (non-hydrogen) atoms. The van der Waals surface area contributed by atoms with Crippen LogP contribution in [-0.2, 0) is 14.3 Å². The number of aryl methyl sites for hydroxylation is 1. The molecule has 0 radical (unpaired) electrons. The van der Waals surface area contributed by atoms with E-state index in [0.717, 1.165) is 36.1 Å². The highest BCUT2D eigenvalue weighted by Crippen LogP contribution is 2.44. The molecule has 0 unspecified atom stereocenters. The number of quaternary nitrogens is 1. The molecule has 0 aromatic carbocycles. The van der Waals surface area contributed by atoms with Crippen molar-refractivity contribution in [3.05, 3.63) is 70.8 Å². The molecule has 218 valence electrons. The lowest BCUT2D eigenvalue weighted by molar-refractivity contribution is -0.948. The molecule has 2 aromatic heterocycles. The van der Waals surface area contributed by atoms with E-state index >= 15 is 0 Å². The summed E-state index contributed by atoms with van der Waals surface area (Å²) in [4.78, 5) is 35.9.